The van der Waals surface area contributed by atoms with Gasteiger partial charge in [0, 0.05) is 4.90 Å². The monoisotopic (exact) mass is 291 g/mol. The Kier molecular flexibility index (Phi) is 5.15. The summed E-state index contributed by atoms with van der Waals surface area (Å²) in [5.74, 6) is 1.79. The number of benzene rings is 2. The van der Waals surface area contributed by atoms with Crippen LogP contribution in [0.1, 0.15) is 5.56 Å². The van der Waals surface area contributed by atoms with Crippen molar-refractivity contribution in [2.24, 2.45) is 5.14 Å². The Balaban J connectivity index is 2.25. The van der Waals surface area contributed by atoms with Crippen LogP contribution in [-0.4, -0.2) is 14.2 Å². The van der Waals surface area contributed by atoms with Gasteiger partial charge in [0.05, 0.1) is 14.2 Å². The van der Waals surface area contributed by atoms with Crippen LogP contribution in [0.25, 0.3) is 0 Å². The second-order valence-corrected chi connectivity index (χ2v) is 4.76. The fourth-order valence-electron chi connectivity index (χ4n) is 1.80. The highest BCUT2D eigenvalue weighted by molar-refractivity contribution is 7.97. The fraction of sp³-hybridized carbons (Fsp3) is 0.200. The minimum absolute atomic E-state index is 0.447. The maximum absolute atomic E-state index is 5.84. The Hall–Kier alpha value is -1.85. The standard InChI is InChI=1S/C15H17NO3S/c1-17-13-8-12(20-16)9-14(18-2)15(13)19-10-11-6-4-3-5-7-11/h3-9H,10,16H2,1-2H3. The minimum Gasteiger partial charge on any atom is -0.493 e. The van der Waals surface area contributed by atoms with Crippen molar-refractivity contribution in [3.05, 3.63) is 48.0 Å². The molecule has 0 aliphatic carbocycles. The van der Waals surface area contributed by atoms with E-state index in [1.54, 1.807) is 14.2 Å². The first kappa shape index (κ1) is 14.6. The van der Waals surface area contributed by atoms with E-state index in [4.69, 9.17) is 19.3 Å². The first-order valence-electron chi connectivity index (χ1n) is 6.08. The molecule has 0 atom stereocenters. The molecule has 0 saturated heterocycles. The van der Waals surface area contributed by atoms with Gasteiger partial charge >= 0.3 is 0 Å². The largest absolute Gasteiger partial charge is 0.493 e. The lowest BCUT2D eigenvalue weighted by Gasteiger charge is -2.15. The smallest absolute Gasteiger partial charge is 0.203 e. The summed E-state index contributed by atoms with van der Waals surface area (Å²) in [5.41, 5.74) is 1.08. The van der Waals surface area contributed by atoms with Gasteiger partial charge in [0.25, 0.3) is 0 Å². The maximum atomic E-state index is 5.84. The second-order valence-electron chi connectivity index (χ2n) is 4.05. The molecule has 2 aromatic carbocycles. The summed E-state index contributed by atoms with van der Waals surface area (Å²) in [5, 5.41) is 5.58. The first-order chi connectivity index (χ1) is 9.78. The quantitative estimate of drug-likeness (QED) is 0.828. The number of hydrogen-bond donors (Lipinski definition) is 1. The van der Waals surface area contributed by atoms with Gasteiger partial charge in [-0.2, -0.15) is 0 Å². The third-order valence-electron chi connectivity index (χ3n) is 2.80. The predicted molar refractivity (Wildman–Crippen MR) is 80.4 cm³/mol. The average molecular weight is 291 g/mol. The van der Waals surface area contributed by atoms with Gasteiger partial charge in [-0.1, -0.05) is 30.3 Å². The van der Waals surface area contributed by atoms with Crippen LogP contribution < -0.4 is 19.3 Å². The Morgan fingerprint density at radius 1 is 1.00 bits per heavy atom. The summed E-state index contributed by atoms with van der Waals surface area (Å²) < 4.78 is 16.5. The van der Waals surface area contributed by atoms with Gasteiger partial charge in [-0.15, -0.1) is 0 Å². The van der Waals surface area contributed by atoms with E-state index >= 15 is 0 Å². The van der Waals surface area contributed by atoms with E-state index in [1.165, 1.54) is 0 Å². The Morgan fingerprint density at radius 3 is 2.10 bits per heavy atom. The van der Waals surface area contributed by atoms with Crippen LogP contribution in [0.4, 0.5) is 0 Å². The third kappa shape index (κ3) is 3.37. The molecule has 0 aliphatic rings. The molecule has 20 heavy (non-hydrogen) atoms. The molecule has 106 valence electrons. The summed E-state index contributed by atoms with van der Waals surface area (Å²) in [4.78, 5) is 0.853. The molecule has 0 aliphatic heterocycles. The SMILES string of the molecule is COc1cc(SN)cc(OC)c1OCc1ccccc1. The summed E-state index contributed by atoms with van der Waals surface area (Å²) in [6, 6.07) is 13.6. The molecule has 2 aromatic rings. The number of ether oxygens (including phenoxy) is 3. The van der Waals surface area contributed by atoms with Crippen molar-refractivity contribution in [1.29, 1.82) is 0 Å². The topological polar surface area (TPSA) is 53.7 Å². The molecule has 0 unspecified atom stereocenters. The second kappa shape index (κ2) is 7.07. The van der Waals surface area contributed by atoms with Gasteiger partial charge in [-0.3, -0.25) is 5.14 Å². The normalized spacial score (nSPS) is 10.2. The highest BCUT2D eigenvalue weighted by Crippen LogP contribution is 2.40. The predicted octanol–water partition coefficient (Wildman–Crippen LogP) is 3.25. The van der Waals surface area contributed by atoms with E-state index in [0.717, 1.165) is 22.4 Å². The number of rotatable bonds is 6. The Morgan fingerprint density at radius 2 is 1.60 bits per heavy atom. The summed E-state index contributed by atoms with van der Waals surface area (Å²) in [6.07, 6.45) is 0. The van der Waals surface area contributed by atoms with Crippen molar-refractivity contribution in [2.75, 3.05) is 14.2 Å². The Bertz CT molecular complexity index is 535. The fourth-order valence-corrected chi connectivity index (χ4v) is 2.15. The number of hydrogen-bond acceptors (Lipinski definition) is 5. The molecule has 0 bridgehead atoms. The molecule has 0 aromatic heterocycles. The van der Waals surface area contributed by atoms with Gasteiger partial charge in [-0.05, 0) is 29.6 Å². The molecular weight excluding hydrogens is 274 g/mol. The van der Waals surface area contributed by atoms with Crippen molar-refractivity contribution < 1.29 is 14.2 Å². The third-order valence-corrected chi connectivity index (χ3v) is 3.30. The van der Waals surface area contributed by atoms with Gasteiger partial charge in [0.15, 0.2) is 11.5 Å². The highest BCUT2D eigenvalue weighted by atomic mass is 32.2. The summed E-state index contributed by atoms with van der Waals surface area (Å²) >= 11 is 1.14. The van der Waals surface area contributed by atoms with Crippen LogP contribution in [0.2, 0.25) is 0 Å². The zero-order valence-electron chi connectivity index (χ0n) is 11.5. The van der Waals surface area contributed by atoms with Gasteiger partial charge in [0.1, 0.15) is 6.61 Å². The molecule has 0 amide bonds. The lowest BCUT2D eigenvalue weighted by atomic mass is 10.2. The molecular formula is C15H17NO3S. The van der Waals surface area contributed by atoms with E-state index in [-0.39, 0.29) is 0 Å². The molecule has 2 N–H and O–H groups in total. The van der Waals surface area contributed by atoms with E-state index in [9.17, 15) is 0 Å². The Labute approximate surface area is 123 Å². The lowest BCUT2D eigenvalue weighted by Crippen LogP contribution is -2.00. The summed E-state index contributed by atoms with van der Waals surface area (Å²) in [7, 11) is 3.18. The zero-order valence-corrected chi connectivity index (χ0v) is 12.3. The van der Waals surface area contributed by atoms with Crippen molar-refractivity contribution >= 4 is 11.9 Å². The average Bonchev–Trinajstić information content (AvgIpc) is 2.52. The molecule has 2 rings (SSSR count). The van der Waals surface area contributed by atoms with Gasteiger partial charge in [0.2, 0.25) is 5.75 Å². The highest BCUT2D eigenvalue weighted by Gasteiger charge is 2.14. The molecule has 0 fully saturated rings. The number of nitrogens with two attached hydrogens (primary N) is 1. The van der Waals surface area contributed by atoms with E-state index in [0.29, 0.717) is 23.9 Å². The van der Waals surface area contributed by atoms with Crippen LogP contribution in [0.3, 0.4) is 0 Å². The maximum Gasteiger partial charge on any atom is 0.203 e. The minimum atomic E-state index is 0.447. The van der Waals surface area contributed by atoms with Crippen molar-refractivity contribution in [3.63, 3.8) is 0 Å². The molecule has 0 saturated carbocycles. The first-order valence-corrected chi connectivity index (χ1v) is 6.96. The molecule has 0 spiro atoms. The van der Waals surface area contributed by atoms with E-state index < -0.39 is 0 Å². The van der Waals surface area contributed by atoms with Crippen LogP contribution in [0, 0.1) is 0 Å². The van der Waals surface area contributed by atoms with Crippen LogP contribution >= 0.6 is 11.9 Å². The van der Waals surface area contributed by atoms with Crippen molar-refractivity contribution in [2.45, 2.75) is 11.5 Å². The van der Waals surface area contributed by atoms with Gasteiger partial charge in [-0.25, -0.2) is 0 Å². The summed E-state index contributed by atoms with van der Waals surface area (Å²) in [6.45, 7) is 0.447. The molecule has 4 nitrogen and oxygen atoms in total. The van der Waals surface area contributed by atoms with Crippen LogP contribution in [0.5, 0.6) is 17.2 Å². The molecule has 5 heteroatoms. The number of methoxy groups -OCH3 is 2. The van der Waals surface area contributed by atoms with E-state index in [2.05, 4.69) is 0 Å². The van der Waals surface area contributed by atoms with E-state index in [1.807, 2.05) is 42.5 Å². The van der Waals surface area contributed by atoms with Crippen LogP contribution in [0.15, 0.2) is 47.4 Å². The molecule has 0 heterocycles. The van der Waals surface area contributed by atoms with Gasteiger partial charge < -0.3 is 14.2 Å². The van der Waals surface area contributed by atoms with Crippen molar-refractivity contribution in [3.8, 4) is 17.2 Å². The van der Waals surface area contributed by atoms with Crippen LogP contribution in [-0.2, 0) is 6.61 Å². The lowest BCUT2D eigenvalue weighted by molar-refractivity contribution is 0.265. The zero-order chi connectivity index (χ0) is 14.4. The molecule has 0 radical (unpaired) electrons. The van der Waals surface area contributed by atoms with Crippen molar-refractivity contribution in [1.82, 2.24) is 0 Å².